The fraction of sp³-hybridized carbons (Fsp3) is 0.524. The molecule has 0 bridgehead atoms. The highest BCUT2D eigenvalue weighted by molar-refractivity contribution is 5.79. The smallest absolute Gasteiger partial charge is 0.225 e. The first-order chi connectivity index (χ1) is 14.2. The molecular formula is C21H28N6O2. The van der Waals surface area contributed by atoms with E-state index in [9.17, 15) is 4.79 Å². The van der Waals surface area contributed by atoms with Crippen LogP contribution in [0.15, 0.2) is 36.8 Å². The van der Waals surface area contributed by atoms with Crippen LogP contribution in [0.5, 0.6) is 5.88 Å². The Morgan fingerprint density at radius 2 is 1.79 bits per heavy atom. The van der Waals surface area contributed by atoms with Gasteiger partial charge in [0.1, 0.15) is 11.6 Å². The predicted octanol–water partition coefficient (Wildman–Crippen LogP) is 1.84. The lowest BCUT2D eigenvalue weighted by Gasteiger charge is -2.39. The molecular weight excluding hydrogens is 368 g/mol. The van der Waals surface area contributed by atoms with Crippen molar-refractivity contribution in [2.75, 3.05) is 55.7 Å². The molecule has 2 aliphatic rings. The second-order valence-electron chi connectivity index (χ2n) is 7.40. The van der Waals surface area contributed by atoms with Crippen molar-refractivity contribution in [3.05, 3.63) is 36.8 Å². The van der Waals surface area contributed by atoms with Crippen LogP contribution in [0, 0.1) is 5.92 Å². The third-order valence-electron chi connectivity index (χ3n) is 5.63. The van der Waals surface area contributed by atoms with Crippen molar-refractivity contribution in [2.24, 2.45) is 5.92 Å². The lowest BCUT2D eigenvalue weighted by molar-refractivity contribution is -0.136. The number of anilines is 2. The predicted molar refractivity (Wildman–Crippen MR) is 111 cm³/mol. The number of amides is 1. The Hall–Kier alpha value is -2.90. The summed E-state index contributed by atoms with van der Waals surface area (Å²) in [5.41, 5.74) is 0. The topological polar surface area (TPSA) is 74.7 Å². The first kappa shape index (κ1) is 19.4. The third kappa shape index (κ3) is 4.58. The molecule has 29 heavy (non-hydrogen) atoms. The first-order valence-corrected chi connectivity index (χ1v) is 10.4. The molecule has 2 aromatic rings. The van der Waals surface area contributed by atoms with Gasteiger partial charge in [0.2, 0.25) is 11.8 Å². The minimum atomic E-state index is 0.105. The van der Waals surface area contributed by atoms with Crippen LogP contribution in [0.1, 0.15) is 19.8 Å². The van der Waals surface area contributed by atoms with Gasteiger partial charge >= 0.3 is 0 Å². The van der Waals surface area contributed by atoms with E-state index in [4.69, 9.17) is 4.74 Å². The number of nitrogens with zero attached hydrogens (tertiary/aromatic N) is 6. The van der Waals surface area contributed by atoms with Crippen molar-refractivity contribution >= 4 is 17.5 Å². The zero-order valence-electron chi connectivity index (χ0n) is 16.9. The van der Waals surface area contributed by atoms with Crippen molar-refractivity contribution in [3.63, 3.8) is 0 Å². The molecule has 2 fully saturated rings. The summed E-state index contributed by atoms with van der Waals surface area (Å²) < 4.78 is 5.50. The Labute approximate surface area is 171 Å². The quantitative estimate of drug-likeness (QED) is 0.763. The molecule has 0 radical (unpaired) electrons. The highest BCUT2D eigenvalue weighted by Gasteiger charge is 2.31. The van der Waals surface area contributed by atoms with Crippen LogP contribution >= 0.6 is 0 Å². The molecule has 8 heteroatoms. The van der Waals surface area contributed by atoms with Crippen molar-refractivity contribution in [3.8, 4) is 5.88 Å². The summed E-state index contributed by atoms with van der Waals surface area (Å²) in [4.78, 5) is 32.5. The number of piperazine rings is 1. The molecule has 8 nitrogen and oxygen atoms in total. The maximum absolute atomic E-state index is 13.0. The van der Waals surface area contributed by atoms with Gasteiger partial charge in [-0.15, -0.1) is 0 Å². The van der Waals surface area contributed by atoms with Gasteiger partial charge in [-0.1, -0.05) is 6.07 Å². The van der Waals surface area contributed by atoms with Gasteiger partial charge < -0.3 is 19.4 Å². The number of hydrogen-bond donors (Lipinski definition) is 0. The van der Waals surface area contributed by atoms with E-state index in [1.165, 1.54) is 0 Å². The monoisotopic (exact) mass is 396 g/mol. The van der Waals surface area contributed by atoms with E-state index in [-0.39, 0.29) is 5.92 Å². The Balaban J connectivity index is 1.28. The molecule has 0 atom stereocenters. The molecule has 0 aromatic carbocycles. The molecule has 154 valence electrons. The van der Waals surface area contributed by atoms with Gasteiger partial charge in [0.25, 0.3) is 0 Å². The van der Waals surface area contributed by atoms with E-state index in [0.29, 0.717) is 18.4 Å². The van der Waals surface area contributed by atoms with Crippen LogP contribution in [0.3, 0.4) is 0 Å². The summed E-state index contributed by atoms with van der Waals surface area (Å²) in [6.07, 6.45) is 6.92. The summed E-state index contributed by atoms with van der Waals surface area (Å²) in [6.45, 7) is 7.34. The van der Waals surface area contributed by atoms with Gasteiger partial charge in [0.05, 0.1) is 12.8 Å². The van der Waals surface area contributed by atoms with Crippen LogP contribution in [0.2, 0.25) is 0 Å². The normalized spacial score (nSPS) is 18.0. The van der Waals surface area contributed by atoms with Crippen LogP contribution < -0.4 is 14.5 Å². The number of hydrogen-bond acceptors (Lipinski definition) is 7. The number of carbonyl (C=O) groups is 1. The second kappa shape index (κ2) is 9.07. The zero-order chi connectivity index (χ0) is 20.1. The van der Waals surface area contributed by atoms with E-state index in [0.717, 1.165) is 63.7 Å². The molecule has 0 saturated carbocycles. The van der Waals surface area contributed by atoms with Crippen LogP contribution in [-0.4, -0.2) is 71.6 Å². The van der Waals surface area contributed by atoms with Gasteiger partial charge in [-0.25, -0.2) is 4.98 Å². The minimum Gasteiger partial charge on any atom is -0.478 e. The second-order valence-corrected chi connectivity index (χ2v) is 7.40. The number of rotatable bonds is 5. The van der Waals surface area contributed by atoms with Gasteiger partial charge in [-0.3, -0.25) is 9.78 Å². The number of ether oxygens (including phenoxy) is 1. The lowest BCUT2D eigenvalue weighted by atomic mass is 9.95. The molecule has 0 unspecified atom stereocenters. The van der Waals surface area contributed by atoms with Crippen LogP contribution in [0.25, 0.3) is 0 Å². The minimum absolute atomic E-state index is 0.105. The average molecular weight is 396 g/mol. The van der Waals surface area contributed by atoms with Crippen molar-refractivity contribution in [2.45, 2.75) is 19.8 Å². The summed E-state index contributed by atoms with van der Waals surface area (Å²) in [5, 5.41) is 0. The lowest BCUT2D eigenvalue weighted by Crippen LogP contribution is -2.52. The summed E-state index contributed by atoms with van der Waals surface area (Å²) in [6, 6.07) is 5.85. The highest BCUT2D eigenvalue weighted by atomic mass is 16.5. The van der Waals surface area contributed by atoms with E-state index in [1.807, 2.05) is 30.0 Å². The molecule has 0 aliphatic carbocycles. The zero-order valence-corrected chi connectivity index (χ0v) is 16.9. The van der Waals surface area contributed by atoms with Gasteiger partial charge in [-0.2, -0.15) is 4.98 Å². The third-order valence-corrected chi connectivity index (χ3v) is 5.63. The van der Waals surface area contributed by atoms with E-state index >= 15 is 0 Å². The largest absolute Gasteiger partial charge is 0.478 e. The van der Waals surface area contributed by atoms with E-state index in [2.05, 4.69) is 24.8 Å². The maximum atomic E-state index is 13.0. The standard InChI is InChI=1S/C21H28N6O2/c1-2-29-20-5-3-4-18(24-20)26-12-14-27(15-13-26)21(28)17-6-10-25(11-7-17)19-16-22-8-9-23-19/h3-5,8-9,16-17H,2,6-7,10-15H2,1H3. The summed E-state index contributed by atoms with van der Waals surface area (Å²) in [5.74, 6) is 2.86. The highest BCUT2D eigenvalue weighted by Crippen LogP contribution is 2.24. The van der Waals surface area contributed by atoms with Crippen LogP contribution in [0.4, 0.5) is 11.6 Å². The van der Waals surface area contributed by atoms with Gasteiger partial charge in [0, 0.05) is 63.6 Å². The molecule has 2 saturated heterocycles. The Bertz CT molecular complexity index is 802. The van der Waals surface area contributed by atoms with Crippen LogP contribution in [-0.2, 0) is 4.79 Å². The molecule has 4 rings (SSSR count). The molecule has 0 spiro atoms. The molecule has 0 N–H and O–H groups in total. The first-order valence-electron chi connectivity index (χ1n) is 10.4. The van der Waals surface area contributed by atoms with Crippen molar-refractivity contribution in [1.29, 1.82) is 0 Å². The number of aromatic nitrogens is 3. The van der Waals surface area contributed by atoms with E-state index in [1.54, 1.807) is 18.6 Å². The van der Waals surface area contributed by atoms with Gasteiger partial charge in [-0.05, 0) is 25.8 Å². The number of pyridine rings is 1. The maximum Gasteiger partial charge on any atom is 0.225 e. The molecule has 2 aromatic heterocycles. The molecule has 1 amide bonds. The average Bonchev–Trinajstić information content (AvgIpc) is 2.80. The fourth-order valence-corrected chi connectivity index (χ4v) is 4.03. The SMILES string of the molecule is CCOc1cccc(N2CCN(C(=O)C3CCN(c4cnccn4)CC3)CC2)n1. The fourth-order valence-electron chi connectivity index (χ4n) is 4.03. The molecule has 2 aliphatic heterocycles. The Morgan fingerprint density at radius 1 is 1.03 bits per heavy atom. The van der Waals surface area contributed by atoms with E-state index < -0.39 is 0 Å². The molecule has 4 heterocycles. The Morgan fingerprint density at radius 3 is 2.48 bits per heavy atom. The summed E-state index contributed by atoms with van der Waals surface area (Å²) >= 11 is 0. The number of carbonyl (C=O) groups excluding carboxylic acids is 1. The summed E-state index contributed by atoms with van der Waals surface area (Å²) in [7, 11) is 0. The van der Waals surface area contributed by atoms with Gasteiger partial charge in [0.15, 0.2) is 0 Å². The van der Waals surface area contributed by atoms with Crippen molar-refractivity contribution < 1.29 is 9.53 Å². The van der Waals surface area contributed by atoms with Crippen molar-refractivity contribution in [1.82, 2.24) is 19.9 Å². The Kier molecular flexibility index (Phi) is 6.07. The number of piperidine rings is 1.